The zero-order valence-electron chi connectivity index (χ0n) is 11.0. The van der Waals surface area contributed by atoms with Gasteiger partial charge in [-0.25, -0.2) is 0 Å². The zero-order valence-corrected chi connectivity index (χ0v) is 11.0. The van der Waals surface area contributed by atoms with Gasteiger partial charge in [-0.2, -0.15) is 0 Å². The molecule has 1 aliphatic heterocycles. The van der Waals surface area contributed by atoms with Crippen LogP contribution in [0.3, 0.4) is 0 Å². The molecule has 0 N–H and O–H groups in total. The fourth-order valence-electron chi connectivity index (χ4n) is 1.89. The minimum atomic E-state index is -0.239. The molecule has 1 aromatic carbocycles. The van der Waals surface area contributed by atoms with Gasteiger partial charge in [0, 0.05) is 18.7 Å². The number of carbonyl (C=O) groups excluding carboxylic acids is 2. The molecule has 1 aromatic rings. The fraction of sp³-hybridized carbons (Fsp3) is 0.333. The van der Waals surface area contributed by atoms with Crippen LogP contribution in [0.4, 0.5) is 0 Å². The quantitative estimate of drug-likeness (QED) is 0.579. The summed E-state index contributed by atoms with van der Waals surface area (Å²) in [5.41, 5.74) is 1.27. The van der Waals surface area contributed by atoms with Gasteiger partial charge in [0.2, 0.25) is 0 Å². The third-order valence-electron chi connectivity index (χ3n) is 3.03. The number of hydrogen-bond acceptors (Lipinski definition) is 3. The molecule has 0 saturated carbocycles. The Balaban J connectivity index is 1.72. The van der Waals surface area contributed by atoms with Gasteiger partial charge in [-0.15, -0.1) is 0 Å². The topological polar surface area (TPSA) is 46.6 Å². The maximum absolute atomic E-state index is 11.3. The monoisotopic (exact) mass is 259 g/mol. The molecule has 100 valence electrons. The summed E-state index contributed by atoms with van der Waals surface area (Å²) in [4.78, 5) is 23.8. The maximum Gasteiger partial charge on any atom is 0.253 e. The highest BCUT2D eigenvalue weighted by Gasteiger charge is 2.22. The molecule has 0 fully saturated rings. The van der Waals surface area contributed by atoms with Gasteiger partial charge in [0.1, 0.15) is 5.75 Å². The van der Waals surface area contributed by atoms with E-state index in [-0.39, 0.29) is 11.8 Å². The summed E-state index contributed by atoms with van der Waals surface area (Å²) in [6.45, 7) is 2.99. The lowest BCUT2D eigenvalue weighted by molar-refractivity contribution is -0.136. The number of ether oxygens (including phenoxy) is 1. The zero-order chi connectivity index (χ0) is 13.7. The molecule has 19 heavy (non-hydrogen) atoms. The van der Waals surface area contributed by atoms with Crippen LogP contribution in [0.5, 0.6) is 5.75 Å². The second kappa shape index (κ2) is 6.18. The molecular weight excluding hydrogens is 242 g/mol. The summed E-state index contributed by atoms with van der Waals surface area (Å²) in [5.74, 6) is 0.337. The number of imide groups is 1. The van der Waals surface area contributed by atoms with E-state index in [1.165, 1.54) is 22.6 Å². The highest BCUT2D eigenvalue weighted by atomic mass is 16.5. The number of hydrogen-bond donors (Lipinski definition) is 0. The fourth-order valence-corrected chi connectivity index (χ4v) is 1.89. The van der Waals surface area contributed by atoms with Gasteiger partial charge >= 0.3 is 0 Å². The van der Waals surface area contributed by atoms with Crippen molar-refractivity contribution >= 4 is 11.8 Å². The van der Waals surface area contributed by atoms with Crippen LogP contribution >= 0.6 is 0 Å². The minimum absolute atomic E-state index is 0.239. The lowest BCUT2D eigenvalue weighted by Gasteiger charge is -2.13. The Hall–Kier alpha value is -2.10. The normalized spacial score (nSPS) is 14.3. The number of amides is 2. The molecule has 0 atom stereocenters. The summed E-state index contributed by atoms with van der Waals surface area (Å²) in [6.07, 6.45) is 4.24. The summed E-state index contributed by atoms with van der Waals surface area (Å²) in [6, 6.07) is 7.94. The van der Waals surface area contributed by atoms with E-state index >= 15 is 0 Å². The van der Waals surface area contributed by atoms with Crippen LogP contribution < -0.4 is 4.74 Å². The first-order chi connectivity index (χ1) is 9.20. The van der Waals surface area contributed by atoms with E-state index < -0.39 is 0 Å². The Morgan fingerprint density at radius 3 is 2.26 bits per heavy atom. The smallest absolute Gasteiger partial charge is 0.253 e. The van der Waals surface area contributed by atoms with E-state index in [4.69, 9.17) is 4.74 Å². The van der Waals surface area contributed by atoms with Crippen molar-refractivity contribution in [2.24, 2.45) is 0 Å². The lowest BCUT2D eigenvalue weighted by atomic mass is 10.2. The summed E-state index contributed by atoms with van der Waals surface area (Å²) in [5, 5.41) is 0. The first-order valence-electron chi connectivity index (χ1n) is 6.46. The van der Waals surface area contributed by atoms with Crippen molar-refractivity contribution in [2.75, 3.05) is 13.2 Å². The van der Waals surface area contributed by atoms with Gasteiger partial charge in [-0.05, 0) is 30.5 Å². The highest BCUT2D eigenvalue weighted by molar-refractivity contribution is 6.12. The maximum atomic E-state index is 11.3. The molecular formula is C15H17NO3. The lowest BCUT2D eigenvalue weighted by Crippen LogP contribution is -2.31. The molecule has 0 bridgehead atoms. The average Bonchev–Trinajstić information content (AvgIpc) is 2.75. The standard InChI is InChI=1S/C15H17NO3/c1-2-12-4-6-13(7-5-12)19-11-3-10-16-14(17)8-9-15(16)18/h4-9H,2-3,10-11H2,1H3. The molecule has 0 spiro atoms. The predicted octanol–water partition coefficient (Wildman–Crippen LogP) is 1.94. The Labute approximate surface area is 112 Å². The Morgan fingerprint density at radius 1 is 1.05 bits per heavy atom. The molecule has 0 radical (unpaired) electrons. The van der Waals surface area contributed by atoms with Crippen LogP contribution in [0.2, 0.25) is 0 Å². The first-order valence-corrected chi connectivity index (χ1v) is 6.46. The van der Waals surface area contributed by atoms with E-state index in [2.05, 4.69) is 6.92 Å². The number of nitrogens with zero attached hydrogens (tertiary/aromatic N) is 1. The van der Waals surface area contributed by atoms with Crippen molar-refractivity contribution in [2.45, 2.75) is 19.8 Å². The Bertz CT molecular complexity index is 473. The SMILES string of the molecule is CCc1ccc(OCCCN2C(=O)C=CC2=O)cc1. The van der Waals surface area contributed by atoms with Crippen molar-refractivity contribution in [3.05, 3.63) is 42.0 Å². The van der Waals surface area contributed by atoms with Crippen molar-refractivity contribution in [1.82, 2.24) is 4.90 Å². The van der Waals surface area contributed by atoms with Crippen molar-refractivity contribution in [3.63, 3.8) is 0 Å². The van der Waals surface area contributed by atoms with Crippen LogP contribution in [0.15, 0.2) is 36.4 Å². The van der Waals surface area contributed by atoms with Crippen LogP contribution in [0.25, 0.3) is 0 Å². The third kappa shape index (κ3) is 3.44. The van der Waals surface area contributed by atoms with Gasteiger partial charge in [-0.1, -0.05) is 19.1 Å². The van der Waals surface area contributed by atoms with Gasteiger partial charge in [0.15, 0.2) is 0 Å². The summed E-state index contributed by atoms with van der Waals surface area (Å²) < 4.78 is 5.57. The summed E-state index contributed by atoms with van der Waals surface area (Å²) >= 11 is 0. The molecule has 0 aromatic heterocycles. The average molecular weight is 259 g/mol. The third-order valence-corrected chi connectivity index (χ3v) is 3.03. The largest absolute Gasteiger partial charge is 0.494 e. The molecule has 2 rings (SSSR count). The van der Waals surface area contributed by atoms with Gasteiger partial charge in [0.25, 0.3) is 11.8 Å². The number of carbonyl (C=O) groups is 2. The van der Waals surface area contributed by atoms with E-state index in [9.17, 15) is 9.59 Å². The van der Waals surface area contributed by atoms with Gasteiger partial charge in [0.05, 0.1) is 6.61 Å². The first kappa shape index (κ1) is 13.3. The predicted molar refractivity (Wildman–Crippen MR) is 71.8 cm³/mol. The van der Waals surface area contributed by atoms with Crippen LogP contribution in [0.1, 0.15) is 18.9 Å². The Morgan fingerprint density at radius 2 is 1.68 bits per heavy atom. The van der Waals surface area contributed by atoms with Crippen molar-refractivity contribution in [1.29, 1.82) is 0 Å². The molecule has 4 heteroatoms. The number of aryl methyl sites for hydroxylation is 1. The van der Waals surface area contributed by atoms with E-state index in [0.29, 0.717) is 19.6 Å². The van der Waals surface area contributed by atoms with Crippen LogP contribution in [-0.4, -0.2) is 29.9 Å². The van der Waals surface area contributed by atoms with Crippen molar-refractivity contribution in [3.8, 4) is 5.75 Å². The van der Waals surface area contributed by atoms with E-state index in [1.807, 2.05) is 24.3 Å². The van der Waals surface area contributed by atoms with Crippen LogP contribution in [-0.2, 0) is 16.0 Å². The number of benzene rings is 1. The van der Waals surface area contributed by atoms with E-state index in [1.54, 1.807) is 0 Å². The summed E-state index contributed by atoms with van der Waals surface area (Å²) in [7, 11) is 0. The molecule has 4 nitrogen and oxygen atoms in total. The van der Waals surface area contributed by atoms with Gasteiger partial charge in [-0.3, -0.25) is 14.5 Å². The molecule has 1 heterocycles. The molecule has 1 aliphatic rings. The van der Waals surface area contributed by atoms with E-state index in [0.717, 1.165) is 12.2 Å². The minimum Gasteiger partial charge on any atom is -0.494 e. The van der Waals surface area contributed by atoms with Crippen molar-refractivity contribution < 1.29 is 14.3 Å². The second-order valence-corrected chi connectivity index (χ2v) is 4.36. The number of rotatable bonds is 6. The van der Waals surface area contributed by atoms with Crippen LogP contribution in [0, 0.1) is 0 Å². The second-order valence-electron chi connectivity index (χ2n) is 4.36. The molecule has 0 unspecified atom stereocenters. The Kier molecular flexibility index (Phi) is 4.34. The van der Waals surface area contributed by atoms with Gasteiger partial charge < -0.3 is 4.74 Å². The molecule has 2 amide bonds. The highest BCUT2D eigenvalue weighted by Crippen LogP contribution is 2.13. The molecule has 0 aliphatic carbocycles. The molecule has 0 saturated heterocycles.